The van der Waals surface area contributed by atoms with Gasteiger partial charge >= 0.3 is 5.97 Å². The maximum atomic E-state index is 11.7. The first kappa shape index (κ1) is 17.2. The summed E-state index contributed by atoms with van der Waals surface area (Å²) in [4.78, 5) is 18.2. The molecule has 0 saturated carbocycles. The molecular formula is C21H23N2O2S+. The number of benzene rings is 2. The second-order valence-electron chi connectivity index (χ2n) is 6.93. The maximum Gasteiger partial charge on any atom is 0.337 e. The molecule has 4 nitrogen and oxygen atoms in total. The average Bonchev–Trinajstić information content (AvgIpc) is 3.12. The van der Waals surface area contributed by atoms with Gasteiger partial charge in [-0.05, 0) is 37.1 Å². The highest BCUT2D eigenvalue weighted by Crippen LogP contribution is 2.30. The normalized spacial score (nSPS) is 20.2. The third-order valence-corrected chi connectivity index (χ3v) is 6.28. The number of nitrogens with zero attached hydrogens (tertiary/aromatic N) is 1. The zero-order valence-corrected chi connectivity index (χ0v) is 15.7. The first-order chi connectivity index (χ1) is 12.7. The minimum Gasteiger partial charge on any atom is -0.465 e. The van der Waals surface area contributed by atoms with Gasteiger partial charge in [-0.25, -0.2) is 9.78 Å². The molecule has 0 bridgehead atoms. The van der Waals surface area contributed by atoms with Crippen molar-refractivity contribution in [1.82, 2.24) is 4.98 Å². The van der Waals surface area contributed by atoms with Crippen LogP contribution in [0.2, 0.25) is 0 Å². The van der Waals surface area contributed by atoms with Gasteiger partial charge in [-0.2, -0.15) is 0 Å². The van der Waals surface area contributed by atoms with Crippen molar-refractivity contribution in [2.24, 2.45) is 0 Å². The molecule has 1 unspecified atom stereocenters. The van der Waals surface area contributed by atoms with Crippen LogP contribution in [0.1, 0.15) is 39.7 Å². The number of hydrogen-bond acceptors (Lipinski definition) is 4. The fraction of sp³-hybridized carbons (Fsp3) is 0.333. The van der Waals surface area contributed by atoms with Crippen LogP contribution in [0.5, 0.6) is 0 Å². The molecular weight excluding hydrogens is 344 g/mol. The molecule has 0 aliphatic carbocycles. The lowest BCUT2D eigenvalue weighted by molar-refractivity contribution is -0.920. The highest BCUT2D eigenvalue weighted by molar-refractivity contribution is 7.18. The van der Waals surface area contributed by atoms with Crippen LogP contribution in [0.15, 0.2) is 48.5 Å². The number of fused-ring (bicyclic) bond motifs is 1. The smallest absolute Gasteiger partial charge is 0.337 e. The van der Waals surface area contributed by atoms with Gasteiger partial charge in [-0.1, -0.05) is 24.3 Å². The monoisotopic (exact) mass is 367 g/mol. The number of piperidine rings is 1. The van der Waals surface area contributed by atoms with Gasteiger partial charge in [-0.15, -0.1) is 11.3 Å². The van der Waals surface area contributed by atoms with E-state index in [9.17, 15) is 4.79 Å². The van der Waals surface area contributed by atoms with Gasteiger partial charge in [0.25, 0.3) is 0 Å². The van der Waals surface area contributed by atoms with Crippen molar-refractivity contribution in [3.63, 3.8) is 0 Å². The van der Waals surface area contributed by atoms with Crippen molar-refractivity contribution < 1.29 is 14.4 Å². The number of nitrogens with one attached hydrogen (secondary N) is 1. The number of esters is 1. The Bertz CT molecular complexity index is 888. The number of rotatable bonds is 4. The number of para-hydroxylation sites is 1. The van der Waals surface area contributed by atoms with E-state index >= 15 is 0 Å². The van der Waals surface area contributed by atoms with Crippen molar-refractivity contribution in [1.29, 1.82) is 0 Å². The number of quaternary nitrogens is 1. The molecule has 1 aliphatic heterocycles. The number of aromatic nitrogens is 1. The van der Waals surface area contributed by atoms with E-state index in [0.29, 0.717) is 11.5 Å². The molecule has 2 aromatic carbocycles. The largest absolute Gasteiger partial charge is 0.465 e. The topological polar surface area (TPSA) is 43.6 Å². The van der Waals surface area contributed by atoms with Gasteiger partial charge in [0, 0.05) is 5.56 Å². The Labute approximate surface area is 157 Å². The van der Waals surface area contributed by atoms with Crippen molar-refractivity contribution in [2.45, 2.75) is 25.3 Å². The Morgan fingerprint density at radius 1 is 1.27 bits per heavy atom. The fourth-order valence-corrected chi connectivity index (χ4v) is 4.90. The molecule has 0 radical (unpaired) electrons. The summed E-state index contributed by atoms with van der Waals surface area (Å²) in [6, 6.07) is 16.2. The van der Waals surface area contributed by atoms with Crippen LogP contribution in [0.4, 0.5) is 0 Å². The van der Waals surface area contributed by atoms with Gasteiger partial charge in [0.05, 0.1) is 41.9 Å². The van der Waals surface area contributed by atoms with Crippen molar-refractivity contribution in [2.75, 3.05) is 20.2 Å². The summed E-state index contributed by atoms with van der Waals surface area (Å²) in [5.74, 6) is 0.257. The van der Waals surface area contributed by atoms with Crippen LogP contribution in [0.3, 0.4) is 0 Å². The zero-order valence-electron chi connectivity index (χ0n) is 14.9. The molecule has 1 fully saturated rings. The molecule has 1 saturated heterocycles. The molecule has 1 N–H and O–H groups in total. The van der Waals surface area contributed by atoms with Crippen molar-refractivity contribution >= 4 is 27.5 Å². The van der Waals surface area contributed by atoms with Crippen LogP contribution in [0, 0.1) is 0 Å². The predicted octanol–water partition coefficient (Wildman–Crippen LogP) is 3.05. The molecule has 1 aromatic heterocycles. The Hall–Kier alpha value is -2.24. The van der Waals surface area contributed by atoms with Gasteiger partial charge in [0.15, 0.2) is 0 Å². The highest BCUT2D eigenvalue weighted by Gasteiger charge is 2.27. The lowest BCUT2D eigenvalue weighted by Gasteiger charge is -2.29. The Morgan fingerprint density at radius 2 is 2.15 bits per heavy atom. The number of carbonyl (C=O) groups excluding carboxylic acids is 1. The Balaban J connectivity index is 1.47. The highest BCUT2D eigenvalue weighted by atomic mass is 32.1. The van der Waals surface area contributed by atoms with E-state index in [4.69, 9.17) is 9.72 Å². The van der Waals surface area contributed by atoms with Gasteiger partial charge in [0.1, 0.15) is 11.6 Å². The lowest BCUT2D eigenvalue weighted by atomic mass is 9.98. The number of hydrogen-bond donors (Lipinski definition) is 1. The molecule has 1 aliphatic rings. The van der Waals surface area contributed by atoms with Gasteiger partial charge in [-0.3, -0.25) is 0 Å². The van der Waals surface area contributed by atoms with Crippen molar-refractivity contribution in [3.8, 4) is 0 Å². The minimum absolute atomic E-state index is 0.271. The quantitative estimate of drug-likeness (QED) is 0.721. The van der Waals surface area contributed by atoms with Crippen LogP contribution in [0.25, 0.3) is 10.2 Å². The molecule has 26 heavy (non-hydrogen) atoms. The zero-order chi connectivity index (χ0) is 17.9. The van der Waals surface area contributed by atoms with E-state index in [0.717, 1.165) is 18.6 Å². The second-order valence-corrected chi connectivity index (χ2v) is 7.99. The molecule has 2 atom stereocenters. The molecule has 134 valence electrons. The summed E-state index contributed by atoms with van der Waals surface area (Å²) < 4.78 is 6.11. The summed E-state index contributed by atoms with van der Waals surface area (Å²) in [6.07, 6.45) is 2.43. The molecule has 0 spiro atoms. The van der Waals surface area contributed by atoms with E-state index in [2.05, 4.69) is 30.3 Å². The molecule has 4 rings (SSSR count). The Morgan fingerprint density at radius 3 is 3.00 bits per heavy atom. The third kappa shape index (κ3) is 3.64. The number of ether oxygens (including phenoxy) is 1. The standard InChI is InChI=1S/C21H22N2O2S/c1-25-21(24)16-7-4-6-15(12-16)13-23-11-5-8-17(14-23)20-22-18-9-2-3-10-19(18)26-20/h2-4,6-7,9-10,12,17H,5,8,11,13-14H2,1H3/p+1/t17-/m0/s1. The van der Waals surface area contributed by atoms with E-state index in [-0.39, 0.29) is 5.97 Å². The SMILES string of the molecule is COC(=O)c1cccc(C[NH+]2CCC[C@H](c3nc4ccccc4s3)C2)c1. The molecule has 3 aromatic rings. The van der Waals surface area contributed by atoms with Crippen molar-refractivity contribution in [3.05, 3.63) is 64.7 Å². The number of likely N-dealkylation sites (tertiary alicyclic amines) is 1. The maximum absolute atomic E-state index is 11.7. The molecule has 2 heterocycles. The predicted molar refractivity (Wildman–Crippen MR) is 104 cm³/mol. The summed E-state index contributed by atoms with van der Waals surface area (Å²) in [5.41, 5.74) is 2.93. The second kappa shape index (κ2) is 7.56. The van der Waals surface area contributed by atoms with E-state index in [1.165, 1.54) is 41.8 Å². The average molecular weight is 367 g/mol. The number of carbonyl (C=O) groups is 1. The summed E-state index contributed by atoms with van der Waals surface area (Å²) >= 11 is 1.84. The first-order valence-electron chi connectivity index (χ1n) is 9.09. The summed E-state index contributed by atoms with van der Waals surface area (Å²) in [6.45, 7) is 3.21. The minimum atomic E-state index is -0.271. The van der Waals surface area contributed by atoms with Gasteiger partial charge in [0.2, 0.25) is 0 Å². The van der Waals surface area contributed by atoms with Crippen LogP contribution in [-0.4, -0.2) is 31.2 Å². The third-order valence-electron chi connectivity index (χ3n) is 5.08. The van der Waals surface area contributed by atoms with Crippen LogP contribution >= 0.6 is 11.3 Å². The number of thiazole rings is 1. The fourth-order valence-electron chi connectivity index (χ4n) is 3.80. The Kier molecular flexibility index (Phi) is 5.00. The van der Waals surface area contributed by atoms with E-state index in [1.807, 2.05) is 29.5 Å². The van der Waals surface area contributed by atoms with E-state index in [1.54, 1.807) is 4.90 Å². The van der Waals surface area contributed by atoms with Crippen LogP contribution < -0.4 is 4.90 Å². The molecule has 5 heteroatoms. The summed E-state index contributed by atoms with van der Waals surface area (Å²) in [5, 5.41) is 1.27. The summed E-state index contributed by atoms with van der Waals surface area (Å²) in [7, 11) is 1.42. The lowest BCUT2D eigenvalue weighted by Crippen LogP contribution is -3.12. The number of methoxy groups -OCH3 is 1. The first-order valence-corrected chi connectivity index (χ1v) is 9.91. The van der Waals surface area contributed by atoms with E-state index < -0.39 is 0 Å². The van der Waals surface area contributed by atoms with Gasteiger partial charge < -0.3 is 9.64 Å². The van der Waals surface area contributed by atoms with Crippen LogP contribution in [-0.2, 0) is 11.3 Å². The molecule has 0 amide bonds.